The lowest BCUT2D eigenvalue weighted by molar-refractivity contribution is -0.145. The predicted molar refractivity (Wildman–Crippen MR) is 164 cm³/mol. The van der Waals surface area contributed by atoms with Crippen molar-refractivity contribution in [3.8, 4) is 0 Å². The number of nitrogens with zero attached hydrogens (tertiary/aromatic N) is 1. The van der Waals surface area contributed by atoms with Crippen molar-refractivity contribution in [2.75, 3.05) is 32.5 Å². The van der Waals surface area contributed by atoms with Crippen molar-refractivity contribution < 1.29 is 29.1 Å². The van der Waals surface area contributed by atoms with Crippen LogP contribution in [0.3, 0.4) is 0 Å². The van der Waals surface area contributed by atoms with Gasteiger partial charge in [-0.25, -0.2) is 0 Å². The van der Waals surface area contributed by atoms with Crippen molar-refractivity contribution in [1.29, 1.82) is 0 Å². The maximum Gasteiger partial charge on any atom is 0.243 e. The van der Waals surface area contributed by atoms with Gasteiger partial charge < -0.3 is 26.8 Å². The molecule has 0 aromatic heterocycles. The largest absolute Gasteiger partial charge is 0.396 e. The zero-order valence-corrected chi connectivity index (χ0v) is 27.6. The highest BCUT2D eigenvalue weighted by molar-refractivity contribution is 8.00. The van der Waals surface area contributed by atoms with Crippen molar-refractivity contribution in [3.63, 3.8) is 0 Å². The Morgan fingerprint density at radius 1 is 1.05 bits per heavy atom. The van der Waals surface area contributed by atoms with Gasteiger partial charge in [-0.3, -0.25) is 28.9 Å². The SMILES string of the molecule is CC(C)CC(=O)NCCNC(=O)C(C)(C)CC(C)(C)C.CNC(CSC1CC(=O)N(C(C)(C)CCO)C1=O)C(N)=O. The fourth-order valence-corrected chi connectivity index (χ4v) is 6.01. The summed E-state index contributed by atoms with van der Waals surface area (Å²) in [6, 6.07) is -0.530. The second kappa shape index (κ2) is 17.1. The van der Waals surface area contributed by atoms with Crippen molar-refractivity contribution in [1.82, 2.24) is 20.9 Å². The first-order chi connectivity index (χ1) is 18.7. The number of nitrogens with one attached hydrogen (secondary N) is 3. The number of thioether (sulfide) groups is 1. The molecule has 0 saturated carbocycles. The van der Waals surface area contributed by atoms with E-state index in [1.807, 2.05) is 27.7 Å². The van der Waals surface area contributed by atoms with E-state index in [1.54, 1.807) is 20.9 Å². The predicted octanol–water partition coefficient (Wildman–Crippen LogP) is 1.81. The van der Waals surface area contributed by atoms with E-state index >= 15 is 0 Å². The molecule has 1 aliphatic heterocycles. The summed E-state index contributed by atoms with van der Waals surface area (Å²) in [5, 5.41) is 17.1. The molecule has 0 spiro atoms. The van der Waals surface area contributed by atoms with Gasteiger partial charge in [0.05, 0.1) is 11.3 Å². The van der Waals surface area contributed by atoms with Crippen LogP contribution in [0.25, 0.3) is 0 Å². The van der Waals surface area contributed by atoms with Gasteiger partial charge in [0.2, 0.25) is 29.5 Å². The average Bonchev–Trinajstić information content (AvgIpc) is 3.08. The second-order valence-electron chi connectivity index (χ2n) is 13.4. The number of likely N-dealkylation sites (N-methyl/N-ethyl adjacent to an activating group) is 1. The number of nitrogens with two attached hydrogens (primary N) is 1. The standard InChI is InChI=1S/C16H32N2O2.C13H23N3O4S/c1-12(2)10-13(19)17-8-9-18-14(20)16(6,7)11-15(3,4)5;1-13(2,4-5-17)16-10(18)6-9(12(16)20)21-7-8(15-3)11(14)19/h12H,8-11H2,1-7H3,(H,17,19)(H,18,20);8-9,15,17H,4-7H2,1-3H3,(H2,14,19). The number of aliphatic hydroxyl groups excluding tert-OH is 1. The third-order valence-electron chi connectivity index (χ3n) is 6.50. The van der Waals surface area contributed by atoms with E-state index in [2.05, 4.69) is 36.7 Å². The highest BCUT2D eigenvalue weighted by Crippen LogP contribution is 2.33. The molecule has 12 heteroatoms. The minimum Gasteiger partial charge on any atom is -0.396 e. The number of carbonyl (C=O) groups is 5. The van der Waals surface area contributed by atoms with E-state index in [0.29, 0.717) is 37.6 Å². The quantitative estimate of drug-likeness (QED) is 0.140. The number of primary amides is 1. The molecule has 0 aromatic rings. The Labute approximate surface area is 250 Å². The van der Waals surface area contributed by atoms with Gasteiger partial charge >= 0.3 is 0 Å². The van der Waals surface area contributed by atoms with Crippen molar-refractivity contribution in [2.45, 2.75) is 105 Å². The van der Waals surface area contributed by atoms with Crippen LogP contribution in [0.4, 0.5) is 0 Å². The van der Waals surface area contributed by atoms with Gasteiger partial charge in [-0.05, 0) is 45.1 Å². The third-order valence-corrected chi connectivity index (χ3v) is 7.80. The molecule has 11 nitrogen and oxygen atoms in total. The highest BCUT2D eigenvalue weighted by atomic mass is 32.2. The Balaban J connectivity index is 0.000000782. The normalized spacial score (nSPS) is 16.8. The smallest absolute Gasteiger partial charge is 0.243 e. The lowest BCUT2D eigenvalue weighted by atomic mass is 9.76. The summed E-state index contributed by atoms with van der Waals surface area (Å²) < 4.78 is 0. The van der Waals surface area contributed by atoms with Crippen LogP contribution in [0, 0.1) is 16.7 Å². The van der Waals surface area contributed by atoms with E-state index in [1.165, 1.54) is 16.7 Å². The van der Waals surface area contributed by atoms with Gasteiger partial charge in [0, 0.05) is 49.2 Å². The minimum absolute atomic E-state index is 0.0446. The van der Waals surface area contributed by atoms with Crippen LogP contribution in [-0.4, -0.2) is 88.9 Å². The maximum atomic E-state index is 12.4. The lowest BCUT2D eigenvalue weighted by Crippen LogP contribution is -2.48. The van der Waals surface area contributed by atoms with Crippen LogP contribution in [0.2, 0.25) is 0 Å². The molecule has 2 atom stereocenters. The summed E-state index contributed by atoms with van der Waals surface area (Å²) >= 11 is 1.26. The van der Waals surface area contributed by atoms with Crippen molar-refractivity contribution >= 4 is 41.3 Å². The number of rotatable bonds is 15. The Bertz CT molecular complexity index is 901. The molecule has 1 aliphatic rings. The number of hydrogen-bond acceptors (Lipinski definition) is 8. The Kier molecular flexibility index (Phi) is 16.2. The lowest BCUT2D eigenvalue weighted by Gasteiger charge is -2.33. The van der Waals surface area contributed by atoms with Gasteiger partial charge in [-0.1, -0.05) is 48.5 Å². The molecule has 0 aromatic carbocycles. The van der Waals surface area contributed by atoms with E-state index in [-0.39, 0.29) is 47.5 Å². The first kappa shape index (κ1) is 38.8. The molecular formula is C29H55N5O6S. The first-order valence-corrected chi connectivity index (χ1v) is 15.3. The molecule has 41 heavy (non-hydrogen) atoms. The van der Waals surface area contributed by atoms with Crippen molar-refractivity contribution in [2.24, 2.45) is 22.5 Å². The molecule has 1 fully saturated rings. The van der Waals surface area contributed by atoms with Crippen molar-refractivity contribution in [3.05, 3.63) is 0 Å². The van der Waals surface area contributed by atoms with Crippen LogP contribution >= 0.6 is 11.8 Å². The highest BCUT2D eigenvalue weighted by Gasteiger charge is 2.46. The van der Waals surface area contributed by atoms with Gasteiger partial charge in [0.1, 0.15) is 0 Å². The van der Waals surface area contributed by atoms with Gasteiger partial charge in [0.25, 0.3) is 0 Å². The van der Waals surface area contributed by atoms with Crippen LogP contribution in [0.1, 0.15) is 88.0 Å². The number of aliphatic hydroxyl groups is 1. The third kappa shape index (κ3) is 14.5. The number of likely N-dealkylation sites (tertiary alicyclic amines) is 1. The summed E-state index contributed by atoms with van der Waals surface area (Å²) in [5.74, 6) is -0.203. The Hall–Kier alpha value is -2.18. The Morgan fingerprint density at radius 3 is 2.07 bits per heavy atom. The van der Waals surface area contributed by atoms with E-state index < -0.39 is 22.7 Å². The molecule has 6 N–H and O–H groups in total. The Morgan fingerprint density at radius 2 is 1.61 bits per heavy atom. The molecule has 1 saturated heterocycles. The molecule has 1 rings (SSSR count). The topological polar surface area (TPSA) is 171 Å². The minimum atomic E-state index is -0.704. The number of amides is 5. The molecule has 238 valence electrons. The van der Waals surface area contributed by atoms with E-state index in [9.17, 15) is 24.0 Å². The fourth-order valence-electron chi connectivity index (χ4n) is 4.74. The average molecular weight is 602 g/mol. The van der Waals surface area contributed by atoms with Gasteiger partial charge in [0.15, 0.2) is 0 Å². The summed E-state index contributed by atoms with van der Waals surface area (Å²) in [4.78, 5) is 60.4. The second-order valence-corrected chi connectivity index (χ2v) is 14.7. The molecule has 0 aliphatic carbocycles. The first-order valence-electron chi connectivity index (χ1n) is 14.3. The molecular weight excluding hydrogens is 546 g/mol. The molecule has 0 bridgehead atoms. The van der Waals surface area contributed by atoms with Crippen LogP contribution in [0.15, 0.2) is 0 Å². The zero-order valence-electron chi connectivity index (χ0n) is 26.8. The summed E-state index contributed by atoms with van der Waals surface area (Å²) in [6.45, 7) is 18.7. The fraction of sp³-hybridized carbons (Fsp3) is 0.828. The molecule has 1 heterocycles. The number of carbonyl (C=O) groups excluding carboxylic acids is 5. The molecule has 5 amide bonds. The van der Waals surface area contributed by atoms with Gasteiger partial charge in [-0.15, -0.1) is 11.8 Å². The number of imide groups is 1. The van der Waals surface area contributed by atoms with E-state index in [0.717, 1.165) is 6.42 Å². The van der Waals surface area contributed by atoms with Crippen LogP contribution < -0.4 is 21.7 Å². The monoisotopic (exact) mass is 601 g/mol. The molecule has 0 radical (unpaired) electrons. The summed E-state index contributed by atoms with van der Waals surface area (Å²) in [7, 11) is 1.62. The summed E-state index contributed by atoms with van der Waals surface area (Å²) in [6.07, 6.45) is 1.81. The zero-order chi connectivity index (χ0) is 32.2. The molecule has 2 unspecified atom stereocenters. The van der Waals surface area contributed by atoms with Crippen LogP contribution in [0.5, 0.6) is 0 Å². The van der Waals surface area contributed by atoms with Crippen LogP contribution in [-0.2, 0) is 24.0 Å². The number of hydrogen-bond donors (Lipinski definition) is 5. The van der Waals surface area contributed by atoms with E-state index in [4.69, 9.17) is 10.8 Å². The maximum absolute atomic E-state index is 12.4. The summed E-state index contributed by atoms with van der Waals surface area (Å²) in [5.41, 5.74) is 4.25. The van der Waals surface area contributed by atoms with Gasteiger partial charge in [-0.2, -0.15) is 0 Å².